The predicted octanol–water partition coefficient (Wildman–Crippen LogP) is 0.680. The minimum absolute atomic E-state index is 0.408. The second-order valence-electron chi connectivity index (χ2n) is 5.80. The summed E-state index contributed by atoms with van der Waals surface area (Å²) in [7, 11) is -3.35. The van der Waals surface area contributed by atoms with Crippen molar-refractivity contribution in [1.82, 2.24) is 9.03 Å². The van der Waals surface area contributed by atoms with E-state index in [1.165, 1.54) is 0 Å². The van der Waals surface area contributed by atoms with E-state index in [0.717, 1.165) is 19.3 Å². The van der Waals surface area contributed by atoms with Crippen molar-refractivity contribution < 1.29 is 8.42 Å². The lowest BCUT2D eigenvalue weighted by atomic mass is 9.96. The molecular weight excluding hydrogens is 238 g/mol. The molecule has 0 radical (unpaired) electrons. The quantitative estimate of drug-likeness (QED) is 0.783. The molecule has 0 aromatic carbocycles. The Balaban J connectivity index is 2.65. The summed E-state index contributed by atoms with van der Waals surface area (Å²) in [5, 5.41) is 0. The van der Waals surface area contributed by atoms with Crippen LogP contribution in [0.15, 0.2) is 0 Å². The smallest absolute Gasteiger partial charge is 0.279 e. The summed E-state index contributed by atoms with van der Waals surface area (Å²) < 4.78 is 28.5. The summed E-state index contributed by atoms with van der Waals surface area (Å²) in [6.07, 6.45) is 2.91. The maximum absolute atomic E-state index is 12.1. The van der Waals surface area contributed by atoms with Crippen LogP contribution in [0.25, 0.3) is 0 Å². The Bertz CT molecular complexity index is 333. The third-order valence-corrected chi connectivity index (χ3v) is 4.71. The molecule has 0 aromatic rings. The molecule has 1 aliphatic heterocycles. The zero-order valence-corrected chi connectivity index (χ0v) is 11.9. The molecule has 3 N–H and O–H groups in total. The largest absolute Gasteiger partial charge is 0.330 e. The minimum atomic E-state index is -3.35. The molecule has 5 nitrogen and oxygen atoms in total. The number of nitrogens with zero attached hydrogens (tertiary/aromatic N) is 1. The Morgan fingerprint density at radius 1 is 1.41 bits per heavy atom. The second-order valence-corrected chi connectivity index (χ2v) is 7.47. The van der Waals surface area contributed by atoms with Gasteiger partial charge in [0.15, 0.2) is 0 Å². The first kappa shape index (κ1) is 14.9. The van der Waals surface area contributed by atoms with Crippen molar-refractivity contribution in [2.24, 2.45) is 11.7 Å². The van der Waals surface area contributed by atoms with Crippen LogP contribution in [-0.2, 0) is 10.2 Å². The maximum Gasteiger partial charge on any atom is 0.279 e. The van der Waals surface area contributed by atoms with Crippen molar-refractivity contribution in [3.63, 3.8) is 0 Å². The Kier molecular flexibility index (Phi) is 4.95. The monoisotopic (exact) mass is 263 g/mol. The van der Waals surface area contributed by atoms with Crippen LogP contribution in [0.5, 0.6) is 0 Å². The van der Waals surface area contributed by atoms with Gasteiger partial charge in [-0.1, -0.05) is 0 Å². The van der Waals surface area contributed by atoms with Crippen LogP contribution in [0.2, 0.25) is 0 Å². The molecule has 1 fully saturated rings. The first-order valence-electron chi connectivity index (χ1n) is 6.24. The van der Waals surface area contributed by atoms with E-state index in [0.29, 0.717) is 25.6 Å². The number of nitrogens with two attached hydrogens (primary N) is 1. The van der Waals surface area contributed by atoms with Gasteiger partial charge in [-0.25, -0.2) is 0 Å². The molecule has 17 heavy (non-hydrogen) atoms. The van der Waals surface area contributed by atoms with Crippen molar-refractivity contribution in [3.05, 3.63) is 0 Å². The van der Waals surface area contributed by atoms with Crippen LogP contribution in [0.1, 0.15) is 40.0 Å². The first-order valence-corrected chi connectivity index (χ1v) is 7.68. The van der Waals surface area contributed by atoms with E-state index in [1.54, 1.807) is 4.31 Å². The lowest BCUT2D eigenvalue weighted by Gasteiger charge is -2.34. The molecule has 1 atom stereocenters. The van der Waals surface area contributed by atoms with E-state index in [1.807, 2.05) is 20.8 Å². The van der Waals surface area contributed by atoms with Gasteiger partial charge in [0.2, 0.25) is 0 Å². The Morgan fingerprint density at radius 2 is 2.06 bits per heavy atom. The summed E-state index contributed by atoms with van der Waals surface area (Å²) in [6.45, 7) is 7.41. The molecule has 1 heterocycles. The van der Waals surface area contributed by atoms with Gasteiger partial charge in [0.1, 0.15) is 0 Å². The average Bonchev–Trinajstić information content (AvgIpc) is 2.15. The fraction of sp³-hybridized carbons (Fsp3) is 1.00. The van der Waals surface area contributed by atoms with Crippen LogP contribution < -0.4 is 10.5 Å². The van der Waals surface area contributed by atoms with Crippen LogP contribution in [0.3, 0.4) is 0 Å². The summed E-state index contributed by atoms with van der Waals surface area (Å²) in [5.41, 5.74) is 5.10. The minimum Gasteiger partial charge on any atom is -0.330 e. The molecule has 102 valence electrons. The number of nitrogens with one attached hydrogen (secondary N) is 1. The van der Waals surface area contributed by atoms with Gasteiger partial charge in [0.05, 0.1) is 0 Å². The summed E-state index contributed by atoms with van der Waals surface area (Å²) in [4.78, 5) is 0. The molecule has 1 aliphatic rings. The molecular formula is C11H25N3O2S. The zero-order valence-electron chi connectivity index (χ0n) is 11.1. The molecule has 6 heteroatoms. The predicted molar refractivity (Wildman–Crippen MR) is 69.8 cm³/mol. The van der Waals surface area contributed by atoms with Crippen molar-refractivity contribution >= 4 is 10.2 Å². The summed E-state index contributed by atoms with van der Waals surface area (Å²) in [6, 6.07) is 0. The van der Waals surface area contributed by atoms with Gasteiger partial charge in [-0.2, -0.15) is 17.4 Å². The second kappa shape index (κ2) is 5.65. The van der Waals surface area contributed by atoms with Crippen LogP contribution >= 0.6 is 0 Å². The highest BCUT2D eigenvalue weighted by Crippen LogP contribution is 2.21. The molecule has 0 aromatic heterocycles. The molecule has 0 aliphatic carbocycles. The normalized spacial score (nSPS) is 23.9. The number of piperidine rings is 1. The number of rotatable bonds is 4. The van der Waals surface area contributed by atoms with E-state index in [-0.39, 0.29) is 0 Å². The van der Waals surface area contributed by atoms with Gasteiger partial charge in [-0.05, 0) is 52.5 Å². The van der Waals surface area contributed by atoms with Gasteiger partial charge in [0, 0.05) is 18.6 Å². The van der Waals surface area contributed by atoms with Gasteiger partial charge >= 0.3 is 0 Å². The fourth-order valence-corrected chi connectivity index (χ4v) is 3.85. The highest BCUT2D eigenvalue weighted by molar-refractivity contribution is 7.87. The molecule has 1 unspecified atom stereocenters. The molecule has 0 amide bonds. The van der Waals surface area contributed by atoms with Gasteiger partial charge in [0.25, 0.3) is 10.2 Å². The van der Waals surface area contributed by atoms with Crippen molar-refractivity contribution in [2.75, 3.05) is 19.6 Å². The van der Waals surface area contributed by atoms with Crippen molar-refractivity contribution in [1.29, 1.82) is 0 Å². The number of hydrogen-bond acceptors (Lipinski definition) is 3. The van der Waals surface area contributed by atoms with Crippen molar-refractivity contribution in [3.8, 4) is 0 Å². The number of hydrogen-bond donors (Lipinski definition) is 2. The summed E-state index contributed by atoms with van der Waals surface area (Å²) in [5.74, 6) is 0.408. The first-order chi connectivity index (χ1) is 7.74. The average molecular weight is 263 g/mol. The topological polar surface area (TPSA) is 75.4 Å². The highest BCUT2D eigenvalue weighted by atomic mass is 32.2. The summed E-state index contributed by atoms with van der Waals surface area (Å²) >= 11 is 0. The van der Waals surface area contributed by atoms with Gasteiger partial charge in [-0.15, -0.1) is 0 Å². The van der Waals surface area contributed by atoms with E-state index >= 15 is 0 Å². The van der Waals surface area contributed by atoms with Crippen LogP contribution in [-0.4, -0.2) is 37.9 Å². The molecule has 1 saturated heterocycles. The third kappa shape index (κ3) is 4.91. The van der Waals surface area contributed by atoms with Gasteiger partial charge in [-0.3, -0.25) is 0 Å². The van der Waals surface area contributed by atoms with E-state index < -0.39 is 15.7 Å². The fourth-order valence-electron chi connectivity index (χ4n) is 2.17. The van der Waals surface area contributed by atoms with E-state index in [4.69, 9.17) is 5.73 Å². The standard InChI is InChI=1S/C11H25N3O2S/c1-11(2,3)13-17(15,16)14-8-4-5-10(9-14)6-7-12/h10,13H,4-9,12H2,1-3H3. The Hall–Kier alpha value is -0.170. The van der Waals surface area contributed by atoms with Crippen LogP contribution in [0.4, 0.5) is 0 Å². The SMILES string of the molecule is CC(C)(C)NS(=O)(=O)N1CCCC(CCN)C1. The Morgan fingerprint density at radius 3 is 2.59 bits per heavy atom. The molecule has 0 saturated carbocycles. The van der Waals surface area contributed by atoms with Gasteiger partial charge < -0.3 is 5.73 Å². The Labute approximate surface area is 105 Å². The lowest BCUT2D eigenvalue weighted by molar-refractivity contribution is 0.252. The molecule has 0 spiro atoms. The highest BCUT2D eigenvalue weighted by Gasteiger charge is 2.31. The molecule has 0 bridgehead atoms. The maximum atomic E-state index is 12.1. The lowest BCUT2D eigenvalue weighted by Crippen LogP contribution is -2.51. The van der Waals surface area contributed by atoms with Crippen molar-refractivity contribution in [2.45, 2.75) is 45.6 Å². The van der Waals surface area contributed by atoms with E-state index in [2.05, 4.69) is 4.72 Å². The zero-order chi connectivity index (χ0) is 13.1. The third-order valence-electron chi connectivity index (χ3n) is 2.83. The molecule has 1 rings (SSSR count). The van der Waals surface area contributed by atoms with E-state index in [9.17, 15) is 8.42 Å². The van der Waals surface area contributed by atoms with Crippen LogP contribution in [0, 0.1) is 5.92 Å².